The fourth-order valence-electron chi connectivity index (χ4n) is 0.790. The monoisotopic (exact) mass is 185 g/mol. The molecule has 1 N–H and O–H groups in total. The molecule has 6 heteroatoms. The van der Waals surface area contributed by atoms with Crippen molar-refractivity contribution in [3.63, 3.8) is 0 Å². The first-order valence-corrected chi connectivity index (χ1v) is 3.13. The van der Waals surface area contributed by atoms with E-state index in [1.165, 1.54) is 0 Å². The van der Waals surface area contributed by atoms with Gasteiger partial charge in [0.05, 0.1) is 6.07 Å². The van der Waals surface area contributed by atoms with Crippen LogP contribution in [0.25, 0.3) is 4.98 Å². The number of nitrogens with zero attached hydrogens (tertiary/aromatic N) is 2. The molecule has 0 fully saturated rings. The summed E-state index contributed by atoms with van der Waals surface area (Å²) in [5.41, 5.74) is -1.12. The van der Waals surface area contributed by atoms with Crippen LogP contribution >= 0.6 is 0 Å². The minimum Gasteiger partial charge on any atom is -0.477 e. The van der Waals surface area contributed by atoms with E-state index in [4.69, 9.17) is 10.5 Å². The molecule has 1 aromatic carbocycles. The second kappa shape index (κ2) is 3.15. The number of hydrogen-bond acceptors (Lipinski definition) is 2. The minimum atomic E-state index is -1.49. The number of halogens is 2. The predicted molar refractivity (Wildman–Crippen MR) is 38.1 cm³/mol. The topological polar surface area (TPSA) is 65.5 Å². The second-order valence-electron chi connectivity index (χ2n) is 2.19. The van der Waals surface area contributed by atoms with Gasteiger partial charge in [0, 0.05) is 0 Å². The lowest BCUT2D eigenvalue weighted by Crippen LogP contribution is -1.98. The number of benzene rings is 1. The van der Waals surface area contributed by atoms with E-state index in [1.54, 1.807) is 0 Å². The molecular weight excluding hydrogens is 182 g/mol. The van der Waals surface area contributed by atoms with Gasteiger partial charge in [0.15, 0.2) is 22.2 Å². The molecule has 1 aromatic rings. The zero-order chi connectivity index (χ0) is 10.0. The van der Waals surface area contributed by atoms with Gasteiger partial charge in [0.1, 0.15) is 0 Å². The van der Waals surface area contributed by atoms with E-state index in [-0.39, 0.29) is 0 Å². The smallest absolute Gasteiger partial charge is 0.402 e. The summed E-state index contributed by atoms with van der Waals surface area (Å²) < 4.78 is 25.0. The van der Waals surface area contributed by atoms with Crippen LogP contribution in [-0.4, -0.2) is 11.1 Å². The van der Waals surface area contributed by atoms with E-state index in [1.807, 2.05) is 0 Å². The predicted octanol–water partition coefficient (Wildman–Crippen LogP) is 2.15. The summed E-state index contributed by atoms with van der Waals surface area (Å²) in [4.78, 5) is 12.9. The summed E-state index contributed by atoms with van der Waals surface area (Å²) >= 11 is 0. The average molecular weight is 185 g/mol. The van der Waals surface area contributed by atoms with Gasteiger partial charge in [-0.3, -0.25) is 0 Å². The molecule has 66 valence electrons. The van der Waals surface area contributed by atoms with Crippen LogP contribution < -0.4 is 0 Å². The maximum Gasteiger partial charge on any atom is 0.402 e. The lowest BCUT2D eigenvalue weighted by molar-refractivity contribution is 0.0697. The molecule has 0 aliphatic carbocycles. The van der Waals surface area contributed by atoms with Crippen LogP contribution in [-0.2, 0) is 0 Å². The van der Waals surface area contributed by atoms with Crippen molar-refractivity contribution in [3.05, 3.63) is 34.3 Å². The molecular formula is C7H3F2N2O2+. The van der Waals surface area contributed by atoms with E-state index in [9.17, 15) is 13.6 Å². The second-order valence-corrected chi connectivity index (χ2v) is 2.19. The number of aromatic carboxylic acids is 1. The molecule has 0 bridgehead atoms. The van der Waals surface area contributed by atoms with E-state index >= 15 is 0 Å². The Labute approximate surface area is 71.0 Å². The number of carboxylic acid groups (broad SMARTS) is 1. The Balaban J connectivity index is 3.44. The van der Waals surface area contributed by atoms with Crippen molar-refractivity contribution in [1.82, 2.24) is 0 Å². The van der Waals surface area contributed by atoms with Crippen LogP contribution in [0.2, 0.25) is 0 Å². The van der Waals surface area contributed by atoms with Gasteiger partial charge in [-0.05, 0) is 6.07 Å². The van der Waals surface area contributed by atoms with Crippen molar-refractivity contribution < 1.29 is 18.7 Å². The summed E-state index contributed by atoms with van der Waals surface area (Å²) in [5, 5.41) is 16.7. The fraction of sp³-hybridized carbons (Fsp3) is 0. The van der Waals surface area contributed by atoms with Crippen LogP contribution in [0, 0.1) is 17.0 Å². The lowest BCUT2D eigenvalue weighted by Gasteiger charge is -1.91. The summed E-state index contributed by atoms with van der Waals surface area (Å²) in [6.45, 7) is 0. The fourth-order valence-corrected chi connectivity index (χ4v) is 0.790. The SMILES string of the molecule is N#[N+]c1cc(F)c(F)cc1C(=O)O. The van der Waals surface area contributed by atoms with Gasteiger partial charge in [0.2, 0.25) is 5.39 Å². The molecule has 0 aromatic heterocycles. The van der Waals surface area contributed by atoms with E-state index in [0.29, 0.717) is 12.1 Å². The normalized spacial score (nSPS) is 9.31. The summed E-state index contributed by atoms with van der Waals surface area (Å²) in [6.07, 6.45) is 0. The van der Waals surface area contributed by atoms with Crippen LogP contribution in [0.1, 0.15) is 10.4 Å². The first-order valence-electron chi connectivity index (χ1n) is 3.13. The van der Waals surface area contributed by atoms with Gasteiger partial charge < -0.3 is 5.11 Å². The number of carboxylic acids is 1. The highest BCUT2D eigenvalue weighted by Gasteiger charge is 2.23. The maximum atomic E-state index is 12.5. The molecule has 0 saturated heterocycles. The molecule has 0 amide bonds. The Morgan fingerprint density at radius 3 is 2.38 bits per heavy atom. The number of rotatable bonds is 1. The van der Waals surface area contributed by atoms with Crippen molar-refractivity contribution in [3.8, 4) is 0 Å². The Morgan fingerprint density at radius 2 is 1.92 bits per heavy atom. The molecule has 0 atom stereocenters. The standard InChI is InChI=1S/C7H2F2N2O2/c8-4-1-3(7(12)13)6(11-10)2-5(4)9/h1-2H/p+1. The molecule has 1 rings (SSSR count). The Kier molecular flexibility index (Phi) is 2.19. The van der Waals surface area contributed by atoms with Gasteiger partial charge in [0.25, 0.3) is 0 Å². The molecule has 0 saturated carbocycles. The maximum absolute atomic E-state index is 12.5. The average Bonchev–Trinajstić information content (AvgIpc) is 2.08. The van der Waals surface area contributed by atoms with Crippen LogP contribution in [0.3, 0.4) is 0 Å². The molecule has 0 unspecified atom stereocenters. The first-order chi connectivity index (χ1) is 6.06. The third-order valence-electron chi connectivity index (χ3n) is 1.38. The Bertz CT molecular complexity index is 412. The van der Waals surface area contributed by atoms with Crippen LogP contribution in [0.15, 0.2) is 12.1 Å². The third kappa shape index (κ3) is 1.59. The van der Waals surface area contributed by atoms with E-state index in [2.05, 4.69) is 4.98 Å². The third-order valence-corrected chi connectivity index (χ3v) is 1.38. The van der Waals surface area contributed by atoms with E-state index in [0.717, 1.165) is 0 Å². The first kappa shape index (κ1) is 9.06. The number of hydrogen-bond donors (Lipinski definition) is 1. The van der Waals surface area contributed by atoms with Crippen molar-refractivity contribution in [2.24, 2.45) is 0 Å². The zero-order valence-corrected chi connectivity index (χ0v) is 6.16. The van der Waals surface area contributed by atoms with Gasteiger partial charge in [-0.2, -0.15) is 0 Å². The highest BCUT2D eigenvalue weighted by molar-refractivity contribution is 5.94. The van der Waals surface area contributed by atoms with Crippen LogP contribution in [0.5, 0.6) is 0 Å². The number of carbonyl (C=O) groups is 1. The molecule has 13 heavy (non-hydrogen) atoms. The van der Waals surface area contributed by atoms with Gasteiger partial charge in [-0.15, -0.1) is 0 Å². The quantitative estimate of drug-likeness (QED) is 0.681. The van der Waals surface area contributed by atoms with Gasteiger partial charge in [-0.1, -0.05) is 0 Å². The Hall–Kier alpha value is -2.03. The highest BCUT2D eigenvalue weighted by Crippen LogP contribution is 2.22. The van der Waals surface area contributed by atoms with Crippen molar-refractivity contribution in [2.45, 2.75) is 0 Å². The summed E-state index contributed by atoms with van der Waals surface area (Å²) in [6, 6.07) is 0.950. The number of diazo groups is 1. The van der Waals surface area contributed by atoms with Crippen molar-refractivity contribution >= 4 is 11.7 Å². The van der Waals surface area contributed by atoms with Gasteiger partial charge >= 0.3 is 11.7 Å². The van der Waals surface area contributed by atoms with Crippen LogP contribution in [0.4, 0.5) is 14.5 Å². The molecule has 0 heterocycles. The van der Waals surface area contributed by atoms with E-state index < -0.39 is 28.9 Å². The molecule has 4 nitrogen and oxygen atoms in total. The molecule has 0 spiro atoms. The summed E-state index contributed by atoms with van der Waals surface area (Å²) in [5.74, 6) is -4.06. The zero-order valence-electron chi connectivity index (χ0n) is 6.16. The molecule has 0 aliphatic heterocycles. The van der Waals surface area contributed by atoms with Gasteiger partial charge in [-0.25, -0.2) is 13.6 Å². The molecule has 0 aliphatic rings. The summed E-state index contributed by atoms with van der Waals surface area (Å²) in [7, 11) is 0. The molecule has 0 radical (unpaired) electrons. The Morgan fingerprint density at radius 1 is 1.38 bits per heavy atom. The minimum absolute atomic E-state index is 0.451. The van der Waals surface area contributed by atoms with Crippen molar-refractivity contribution in [2.75, 3.05) is 0 Å². The highest BCUT2D eigenvalue weighted by atomic mass is 19.2. The lowest BCUT2D eigenvalue weighted by atomic mass is 10.2. The largest absolute Gasteiger partial charge is 0.477 e. The van der Waals surface area contributed by atoms with Crippen molar-refractivity contribution in [1.29, 1.82) is 5.39 Å².